The number of nitrogen functional groups attached to an aromatic ring is 1. The molecule has 7 rings (SSSR count). The van der Waals surface area contributed by atoms with Crippen LogP contribution in [-0.4, -0.2) is 75.6 Å². The highest BCUT2D eigenvalue weighted by Crippen LogP contribution is 2.41. The lowest BCUT2D eigenvalue weighted by molar-refractivity contribution is 0.188. The molecule has 0 radical (unpaired) electrons. The minimum atomic E-state index is -0.562. The zero-order chi connectivity index (χ0) is 26.0. The van der Waals surface area contributed by atoms with E-state index >= 15 is 4.39 Å². The highest BCUT2D eigenvalue weighted by Gasteiger charge is 2.34. The summed E-state index contributed by atoms with van der Waals surface area (Å²) in [6, 6.07) is 6.51. The molecule has 9 nitrogen and oxygen atoms in total. The molecular formula is C26H28ClFN8OS. The van der Waals surface area contributed by atoms with Crippen molar-refractivity contribution in [1.82, 2.24) is 29.5 Å². The Morgan fingerprint density at radius 2 is 1.97 bits per heavy atom. The van der Waals surface area contributed by atoms with Crippen LogP contribution in [0.4, 0.5) is 16.0 Å². The summed E-state index contributed by atoms with van der Waals surface area (Å²) in [5.41, 5.74) is 7.13. The standard InChI is InChI=1S/C26H28ClFN8OS/c1-35-8-2-3-15(35)12-37-26-32-22-16(25(33-26)36-10-13-4-5-14(11-36)30-13)9-17(27)20(21(22)28)24-23-18(38-34-24)6-7-19(29)31-23/h6-7,9,13-15,30H,2-5,8,10-12H2,1H3,(H2,29,31)/t13?,14?,15-/m0/s1. The first-order chi connectivity index (χ1) is 18.4. The summed E-state index contributed by atoms with van der Waals surface area (Å²) in [6.45, 7) is 3.07. The zero-order valence-corrected chi connectivity index (χ0v) is 22.5. The molecule has 3 saturated heterocycles. The number of benzene rings is 1. The number of likely N-dealkylation sites (tertiary alicyclic amines) is 1. The number of nitrogens with two attached hydrogens (primary N) is 1. The van der Waals surface area contributed by atoms with Crippen molar-refractivity contribution in [3.05, 3.63) is 29.0 Å². The first-order valence-electron chi connectivity index (χ1n) is 13.0. The normalized spacial score (nSPS) is 23.7. The first-order valence-corrected chi connectivity index (χ1v) is 14.2. The Morgan fingerprint density at radius 1 is 1.16 bits per heavy atom. The lowest BCUT2D eigenvalue weighted by Gasteiger charge is -2.34. The molecule has 0 aliphatic carbocycles. The minimum Gasteiger partial charge on any atom is -0.462 e. The van der Waals surface area contributed by atoms with E-state index in [1.54, 1.807) is 12.1 Å². The fraction of sp³-hybridized carbons (Fsp3) is 0.462. The van der Waals surface area contributed by atoms with E-state index in [1.807, 2.05) is 6.07 Å². The number of aromatic nitrogens is 4. The maximum atomic E-state index is 16.5. The second kappa shape index (κ2) is 9.41. The van der Waals surface area contributed by atoms with Crippen molar-refractivity contribution >= 4 is 55.9 Å². The molecule has 2 unspecified atom stereocenters. The lowest BCUT2D eigenvalue weighted by Crippen LogP contribution is -2.51. The number of likely N-dealkylation sites (N-methyl/N-ethyl adjacent to an activating group) is 1. The molecule has 0 amide bonds. The molecule has 3 aliphatic rings. The van der Waals surface area contributed by atoms with Crippen molar-refractivity contribution < 1.29 is 9.13 Å². The molecule has 0 saturated carbocycles. The Labute approximate surface area is 228 Å². The average Bonchev–Trinajstić information content (AvgIpc) is 3.60. The molecule has 198 valence electrons. The molecule has 3 N–H and O–H groups in total. The highest BCUT2D eigenvalue weighted by molar-refractivity contribution is 7.13. The van der Waals surface area contributed by atoms with Crippen LogP contribution in [0.3, 0.4) is 0 Å². The number of hydrogen-bond acceptors (Lipinski definition) is 10. The van der Waals surface area contributed by atoms with E-state index in [0.29, 0.717) is 46.9 Å². The molecule has 4 aromatic rings. The van der Waals surface area contributed by atoms with Gasteiger partial charge in [0.05, 0.1) is 15.3 Å². The van der Waals surface area contributed by atoms with Crippen LogP contribution >= 0.6 is 23.1 Å². The summed E-state index contributed by atoms with van der Waals surface area (Å²) in [6.07, 6.45) is 4.43. The number of halogens is 2. The minimum absolute atomic E-state index is 0.162. The number of piperazine rings is 1. The van der Waals surface area contributed by atoms with Gasteiger partial charge in [-0.1, -0.05) is 11.6 Å². The topological polar surface area (TPSA) is 105 Å². The van der Waals surface area contributed by atoms with Gasteiger partial charge in [0.1, 0.15) is 35.0 Å². The maximum absolute atomic E-state index is 16.5. The van der Waals surface area contributed by atoms with Gasteiger partial charge in [0.2, 0.25) is 0 Å². The number of ether oxygens (including phenoxy) is 1. The molecule has 12 heteroatoms. The predicted octanol–water partition coefficient (Wildman–Crippen LogP) is 4.09. The van der Waals surface area contributed by atoms with Gasteiger partial charge in [0, 0.05) is 36.6 Å². The fourth-order valence-corrected chi connectivity index (χ4v) is 7.03. The van der Waals surface area contributed by atoms with E-state index in [2.05, 4.69) is 36.5 Å². The molecule has 6 heterocycles. The number of nitrogens with zero attached hydrogens (tertiary/aromatic N) is 6. The van der Waals surface area contributed by atoms with Crippen molar-refractivity contribution in [2.24, 2.45) is 0 Å². The van der Waals surface area contributed by atoms with Gasteiger partial charge < -0.3 is 25.6 Å². The Hall–Kier alpha value is -2.86. The Kier molecular flexibility index (Phi) is 5.99. The van der Waals surface area contributed by atoms with Crippen molar-refractivity contribution in [1.29, 1.82) is 0 Å². The number of fused-ring (bicyclic) bond motifs is 4. The van der Waals surface area contributed by atoms with E-state index in [0.717, 1.165) is 50.0 Å². The van der Waals surface area contributed by atoms with Crippen LogP contribution < -0.4 is 20.7 Å². The summed E-state index contributed by atoms with van der Waals surface area (Å²) in [4.78, 5) is 18.3. The Bertz CT molecular complexity index is 1540. The van der Waals surface area contributed by atoms with Crippen LogP contribution in [-0.2, 0) is 0 Å². The van der Waals surface area contributed by atoms with Crippen LogP contribution in [0.1, 0.15) is 25.7 Å². The summed E-state index contributed by atoms with van der Waals surface area (Å²) >= 11 is 7.99. The average molecular weight is 555 g/mol. The van der Waals surface area contributed by atoms with E-state index in [-0.39, 0.29) is 28.2 Å². The fourth-order valence-electron chi connectivity index (χ4n) is 6.02. The number of hydrogen-bond donors (Lipinski definition) is 2. The van der Waals surface area contributed by atoms with Gasteiger partial charge >= 0.3 is 6.01 Å². The number of pyridine rings is 1. The van der Waals surface area contributed by atoms with E-state index in [1.165, 1.54) is 11.5 Å². The number of anilines is 2. The Balaban J connectivity index is 1.37. The maximum Gasteiger partial charge on any atom is 0.319 e. The number of rotatable bonds is 5. The van der Waals surface area contributed by atoms with Gasteiger partial charge in [-0.25, -0.2) is 9.37 Å². The smallest absolute Gasteiger partial charge is 0.319 e. The largest absolute Gasteiger partial charge is 0.462 e. The molecule has 2 bridgehead atoms. The molecule has 1 aromatic carbocycles. The molecule has 3 aliphatic heterocycles. The summed E-state index contributed by atoms with van der Waals surface area (Å²) in [7, 11) is 2.09. The van der Waals surface area contributed by atoms with Crippen LogP contribution in [0.5, 0.6) is 6.01 Å². The van der Waals surface area contributed by atoms with Gasteiger partial charge in [-0.3, -0.25) is 0 Å². The summed E-state index contributed by atoms with van der Waals surface area (Å²) < 4.78 is 27.9. The van der Waals surface area contributed by atoms with Crippen LogP contribution in [0, 0.1) is 5.82 Å². The monoisotopic (exact) mass is 554 g/mol. The Morgan fingerprint density at radius 3 is 2.74 bits per heavy atom. The van der Waals surface area contributed by atoms with Gasteiger partial charge in [-0.15, -0.1) is 0 Å². The van der Waals surface area contributed by atoms with Gasteiger partial charge in [0.15, 0.2) is 5.82 Å². The number of nitrogens with one attached hydrogen (secondary N) is 1. The van der Waals surface area contributed by atoms with Crippen molar-refractivity contribution in [3.63, 3.8) is 0 Å². The van der Waals surface area contributed by atoms with E-state index in [4.69, 9.17) is 27.1 Å². The lowest BCUT2D eigenvalue weighted by atomic mass is 10.1. The molecule has 0 spiro atoms. The van der Waals surface area contributed by atoms with Gasteiger partial charge in [0.25, 0.3) is 0 Å². The highest BCUT2D eigenvalue weighted by atomic mass is 35.5. The summed E-state index contributed by atoms with van der Waals surface area (Å²) in [5, 5.41) is 4.44. The quantitative estimate of drug-likeness (QED) is 0.377. The van der Waals surface area contributed by atoms with Gasteiger partial charge in [-0.2, -0.15) is 14.3 Å². The summed E-state index contributed by atoms with van der Waals surface area (Å²) in [5.74, 6) is 0.427. The van der Waals surface area contributed by atoms with Crippen LogP contribution in [0.2, 0.25) is 5.02 Å². The molecular weight excluding hydrogens is 527 g/mol. The predicted molar refractivity (Wildman–Crippen MR) is 149 cm³/mol. The molecule has 3 atom stereocenters. The van der Waals surface area contributed by atoms with Crippen LogP contribution in [0.15, 0.2) is 18.2 Å². The second-order valence-electron chi connectivity index (χ2n) is 10.5. The van der Waals surface area contributed by atoms with Crippen LogP contribution in [0.25, 0.3) is 32.4 Å². The second-order valence-corrected chi connectivity index (χ2v) is 11.7. The van der Waals surface area contributed by atoms with E-state index in [9.17, 15) is 0 Å². The zero-order valence-electron chi connectivity index (χ0n) is 21.0. The third-order valence-corrected chi connectivity index (χ3v) is 9.11. The molecule has 3 aromatic heterocycles. The SMILES string of the molecule is CN1CCC[C@H]1COc1nc(N2CC3CCC(C2)N3)c2cc(Cl)c(-c3nsc4ccc(N)nc34)c(F)c2n1. The molecule has 38 heavy (non-hydrogen) atoms. The van der Waals surface area contributed by atoms with E-state index < -0.39 is 5.82 Å². The third kappa shape index (κ3) is 4.12. The van der Waals surface area contributed by atoms with Crippen molar-refractivity contribution in [2.75, 3.05) is 43.9 Å². The van der Waals surface area contributed by atoms with Crippen molar-refractivity contribution in [2.45, 2.75) is 43.8 Å². The third-order valence-electron chi connectivity index (χ3n) is 8.01. The first kappa shape index (κ1) is 24.2. The molecule has 3 fully saturated rings. The van der Waals surface area contributed by atoms with Gasteiger partial charge in [-0.05, 0) is 69.0 Å². The van der Waals surface area contributed by atoms with Crippen molar-refractivity contribution in [3.8, 4) is 17.3 Å².